The maximum atomic E-state index is 13.7. The van der Waals surface area contributed by atoms with E-state index in [1.54, 1.807) is 0 Å². The Morgan fingerprint density at radius 3 is 2.22 bits per heavy atom. The van der Waals surface area contributed by atoms with Crippen molar-refractivity contribution in [3.8, 4) is 22.8 Å². The number of nitrogens with zero attached hydrogens (tertiary/aromatic N) is 2. The zero-order chi connectivity index (χ0) is 21.9. The smallest absolute Gasteiger partial charge is 0.318 e. The number of rotatable bonds is 4. The van der Waals surface area contributed by atoms with Crippen molar-refractivity contribution in [2.45, 2.75) is 52.4 Å². The minimum absolute atomic E-state index is 0.0397. The molecule has 4 fully saturated rings. The molecule has 4 bridgehead atoms. The van der Waals surface area contributed by atoms with Crippen LogP contribution in [0.2, 0.25) is 0 Å². The van der Waals surface area contributed by atoms with Crippen molar-refractivity contribution in [2.24, 2.45) is 23.2 Å². The van der Waals surface area contributed by atoms with Gasteiger partial charge in [-0.25, -0.2) is 0 Å². The molecule has 0 atom stereocenters. The Bertz CT molecular complexity index is 1140. The van der Waals surface area contributed by atoms with Crippen LogP contribution >= 0.6 is 0 Å². The normalized spacial score (nSPS) is 28.1. The third-order valence-electron chi connectivity index (χ3n) is 8.00. The SMILES string of the molecule is Cc1ccc(-n2nc(-c3ccccc3)cc2OC(=O)C23CC4CC(CC(C4)C2)C3)c(C)c1. The zero-order valence-corrected chi connectivity index (χ0v) is 18.9. The fourth-order valence-electron chi connectivity index (χ4n) is 6.97. The van der Waals surface area contributed by atoms with Crippen LogP contribution in [0.4, 0.5) is 0 Å². The quantitative estimate of drug-likeness (QED) is 0.461. The molecule has 164 valence electrons. The summed E-state index contributed by atoms with van der Waals surface area (Å²) >= 11 is 0. The van der Waals surface area contributed by atoms with Crippen molar-refractivity contribution in [1.82, 2.24) is 9.78 Å². The second kappa shape index (κ2) is 7.33. The predicted molar refractivity (Wildman–Crippen MR) is 125 cm³/mol. The van der Waals surface area contributed by atoms with Gasteiger partial charge in [-0.3, -0.25) is 4.79 Å². The van der Waals surface area contributed by atoms with Crippen LogP contribution in [-0.4, -0.2) is 15.7 Å². The van der Waals surface area contributed by atoms with Crippen LogP contribution in [0, 0.1) is 37.0 Å². The lowest BCUT2D eigenvalue weighted by atomic mass is 9.49. The van der Waals surface area contributed by atoms with Crippen molar-refractivity contribution in [3.05, 3.63) is 65.7 Å². The molecule has 1 aromatic heterocycles. The summed E-state index contributed by atoms with van der Waals surface area (Å²) < 4.78 is 8.05. The van der Waals surface area contributed by atoms with E-state index in [9.17, 15) is 4.79 Å². The van der Waals surface area contributed by atoms with Crippen LogP contribution < -0.4 is 4.74 Å². The zero-order valence-electron chi connectivity index (χ0n) is 18.9. The molecule has 4 heteroatoms. The monoisotopic (exact) mass is 426 g/mol. The minimum atomic E-state index is -0.293. The topological polar surface area (TPSA) is 44.1 Å². The molecule has 4 nitrogen and oxygen atoms in total. The first-order valence-corrected chi connectivity index (χ1v) is 11.9. The lowest BCUT2D eigenvalue weighted by molar-refractivity contribution is -0.162. The molecule has 0 saturated heterocycles. The third kappa shape index (κ3) is 3.28. The van der Waals surface area contributed by atoms with Gasteiger partial charge >= 0.3 is 5.97 Å². The fourth-order valence-corrected chi connectivity index (χ4v) is 6.97. The van der Waals surface area contributed by atoms with Gasteiger partial charge < -0.3 is 4.74 Å². The van der Waals surface area contributed by atoms with Crippen LogP contribution in [0.5, 0.6) is 5.88 Å². The number of aromatic nitrogens is 2. The summed E-state index contributed by atoms with van der Waals surface area (Å²) in [4.78, 5) is 13.7. The predicted octanol–water partition coefficient (Wildman–Crippen LogP) is 6.28. The molecule has 2 aromatic carbocycles. The molecule has 0 radical (unpaired) electrons. The van der Waals surface area contributed by atoms with Gasteiger partial charge in [-0.2, -0.15) is 9.78 Å². The molecule has 4 aliphatic carbocycles. The van der Waals surface area contributed by atoms with Gasteiger partial charge in [0.1, 0.15) is 0 Å². The lowest BCUT2D eigenvalue weighted by Crippen LogP contribution is -2.51. The Hall–Kier alpha value is -2.88. The maximum absolute atomic E-state index is 13.7. The van der Waals surface area contributed by atoms with Crippen LogP contribution in [0.1, 0.15) is 49.7 Å². The molecule has 4 saturated carbocycles. The third-order valence-corrected chi connectivity index (χ3v) is 8.00. The van der Waals surface area contributed by atoms with Gasteiger partial charge in [-0.1, -0.05) is 48.0 Å². The largest absolute Gasteiger partial charge is 0.407 e. The highest BCUT2D eigenvalue weighted by molar-refractivity contribution is 5.80. The number of ether oxygens (including phenoxy) is 1. The molecule has 3 aromatic rings. The van der Waals surface area contributed by atoms with Gasteiger partial charge in [0.15, 0.2) is 0 Å². The van der Waals surface area contributed by atoms with Crippen LogP contribution in [-0.2, 0) is 4.79 Å². The highest BCUT2D eigenvalue weighted by Gasteiger charge is 2.55. The Balaban J connectivity index is 1.38. The summed E-state index contributed by atoms with van der Waals surface area (Å²) in [6, 6.07) is 18.3. The van der Waals surface area contributed by atoms with Crippen molar-refractivity contribution in [1.29, 1.82) is 0 Å². The first kappa shape index (κ1) is 19.8. The van der Waals surface area contributed by atoms with Crippen LogP contribution in [0.25, 0.3) is 16.9 Å². The molecule has 1 heterocycles. The standard InChI is InChI=1S/C28H30N2O2/c1-18-8-9-25(19(2)10-18)30-26(14-24(29-30)23-6-4-3-5-7-23)32-27(31)28-15-20-11-21(16-28)13-22(12-20)17-28/h3-10,14,20-22H,11-13,15-17H2,1-2H3. The number of carbonyl (C=O) groups is 1. The summed E-state index contributed by atoms with van der Waals surface area (Å²) in [7, 11) is 0. The first-order chi connectivity index (χ1) is 15.5. The summed E-state index contributed by atoms with van der Waals surface area (Å²) in [5.41, 5.74) is 4.81. The number of esters is 1. The molecule has 0 amide bonds. The Morgan fingerprint density at radius 1 is 0.938 bits per heavy atom. The number of hydrogen-bond donors (Lipinski definition) is 0. The van der Waals surface area contributed by atoms with Gasteiger partial charge in [0.05, 0.1) is 16.8 Å². The van der Waals surface area contributed by atoms with E-state index >= 15 is 0 Å². The molecule has 0 aliphatic heterocycles. The molecule has 0 spiro atoms. The lowest BCUT2D eigenvalue weighted by Gasteiger charge is -2.55. The summed E-state index contributed by atoms with van der Waals surface area (Å²) in [5.74, 6) is 2.60. The van der Waals surface area contributed by atoms with Crippen molar-refractivity contribution in [2.75, 3.05) is 0 Å². The summed E-state index contributed by atoms with van der Waals surface area (Å²) in [6.07, 6.45) is 6.94. The molecule has 0 unspecified atom stereocenters. The molecule has 7 rings (SSSR count). The molecule has 4 aliphatic rings. The Labute approximate surface area is 189 Å². The highest BCUT2D eigenvalue weighted by Crippen LogP contribution is 2.60. The van der Waals surface area contributed by atoms with E-state index in [0.29, 0.717) is 23.6 Å². The second-order valence-corrected chi connectivity index (χ2v) is 10.5. The van der Waals surface area contributed by atoms with Gasteiger partial charge in [0.25, 0.3) is 0 Å². The first-order valence-electron chi connectivity index (χ1n) is 11.9. The number of benzene rings is 2. The van der Waals surface area contributed by atoms with Crippen LogP contribution in [0.15, 0.2) is 54.6 Å². The molecule has 32 heavy (non-hydrogen) atoms. The number of hydrogen-bond acceptors (Lipinski definition) is 3. The van der Waals surface area contributed by atoms with Crippen LogP contribution in [0.3, 0.4) is 0 Å². The van der Waals surface area contributed by atoms with E-state index in [2.05, 4.69) is 32.0 Å². The molecular weight excluding hydrogens is 396 g/mol. The van der Waals surface area contributed by atoms with E-state index in [1.165, 1.54) is 24.8 Å². The minimum Gasteiger partial charge on any atom is -0.407 e. The van der Waals surface area contributed by atoms with E-state index in [-0.39, 0.29) is 11.4 Å². The van der Waals surface area contributed by atoms with Gasteiger partial charge in [0.2, 0.25) is 5.88 Å². The van der Waals surface area contributed by atoms with Crippen molar-refractivity contribution < 1.29 is 9.53 Å². The van der Waals surface area contributed by atoms with Gasteiger partial charge in [-0.15, -0.1) is 0 Å². The van der Waals surface area contributed by atoms with Gasteiger partial charge in [0, 0.05) is 11.6 Å². The fraction of sp³-hybridized carbons (Fsp3) is 0.429. The molecular formula is C28H30N2O2. The number of aryl methyl sites for hydroxylation is 2. The van der Waals surface area contributed by atoms with E-state index in [0.717, 1.165) is 41.8 Å². The van der Waals surface area contributed by atoms with Crippen molar-refractivity contribution in [3.63, 3.8) is 0 Å². The average Bonchev–Trinajstić information content (AvgIpc) is 3.17. The highest BCUT2D eigenvalue weighted by atomic mass is 16.5. The van der Waals surface area contributed by atoms with E-state index in [1.807, 2.05) is 41.1 Å². The Kier molecular flexibility index (Phi) is 4.53. The number of carbonyl (C=O) groups excluding carboxylic acids is 1. The molecule has 0 N–H and O–H groups in total. The van der Waals surface area contributed by atoms with Crippen molar-refractivity contribution >= 4 is 5.97 Å². The summed E-state index contributed by atoms with van der Waals surface area (Å²) in [6.45, 7) is 4.17. The summed E-state index contributed by atoms with van der Waals surface area (Å²) in [5, 5.41) is 4.88. The average molecular weight is 427 g/mol. The Morgan fingerprint density at radius 2 is 1.59 bits per heavy atom. The maximum Gasteiger partial charge on any atom is 0.318 e. The van der Waals surface area contributed by atoms with Gasteiger partial charge in [-0.05, 0) is 81.8 Å². The van der Waals surface area contributed by atoms with E-state index in [4.69, 9.17) is 9.84 Å². The second-order valence-electron chi connectivity index (χ2n) is 10.5. The van der Waals surface area contributed by atoms with E-state index < -0.39 is 0 Å².